The quantitative estimate of drug-likeness (QED) is 0.918. The van der Waals surface area contributed by atoms with Crippen LogP contribution in [0.15, 0.2) is 17.5 Å². The lowest BCUT2D eigenvalue weighted by molar-refractivity contribution is -0.146. The molecule has 3 heterocycles. The Morgan fingerprint density at radius 2 is 2.09 bits per heavy atom. The Morgan fingerprint density at radius 3 is 2.78 bits per heavy atom. The van der Waals surface area contributed by atoms with Gasteiger partial charge in [0.1, 0.15) is 0 Å². The van der Waals surface area contributed by atoms with E-state index >= 15 is 0 Å². The number of hydrogen-bond donors (Lipinski definition) is 1. The number of rotatable bonds is 4. The van der Waals surface area contributed by atoms with Crippen molar-refractivity contribution in [2.24, 2.45) is 5.92 Å². The van der Waals surface area contributed by atoms with Crippen molar-refractivity contribution < 1.29 is 14.7 Å². The summed E-state index contributed by atoms with van der Waals surface area (Å²) in [4.78, 5) is 29.5. The van der Waals surface area contributed by atoms with Crippen LogP contribution in [0.25, 0.3) is 0 Å². The second-order valence-corrected chi connectivity index (χ2v) is 7.53. The number of carbonyl (C=O) groups excluding carboxylic acids is 1. The molecule has 2 aliphatic heterocycles. The fourth-order valence-electron chi connectivity index (χ4n) is 3.76. The first-order valence-electron chi connectivity index (χ1n) is 8.38. The summed E-state index contributed by atoms with van der Waals surface area (Å²) in [5, 5.41) is 11.3. The zero-order valence-corrected chi connectivity index (χ0v) is 14.3. The number of aliphatic carboxylic acids is 1. The molecule has 3 rings (SSSR count). The maximum absolute atomic E-state index is 13.0. The van der Waals surface area contributed by atoms with E-state index < -0.39 is 5.97 Å². The van der Waals surface area contributed by atoms with Crippen molar-refractivity contribution in [2.75, 3.05) is 19.6 Å². The predicted octanol–water partition coefficient (Wildman–Crippen LogP) is 2.60. The van der Waals surface area contributed by atoms with E-state index in [0.29, 0.717) is 13.0 Å². The van der Waals surface area contributed by atoms with Gasteiger partial charge in [0, 0.05) is 18.0 Å². The van der Waals surface area contributed by atoms with Gasteiger partial charge in [-0.1, -0.05) is 6.07 Å². The zero-order chi connectivity index (χ0) is 16.4. The molecule has 0 aromatic carbocycles. The number of hydrogen-bond acceptors (Lipinski definition) is 4. The highest BCUT2D eigenvalue weighted by Gasteiger charge is 2.37. The standard InChI is InChI=1S/C17H24N2O3S/c1-12(18-8-2-5-13(11-18)17(21)22)16(20)19-9-3-6-14(19)15-7-4-10-23-15/h4,7,10,12-14H,2-3,5-6,8-9,11H2,1H3,(H,21,22). The van der Waals surface area contributed by atoms with Crippen LogP contribution >= 0.6 is 11.3 Å². The van der Waals surface area contributed by atoms with Crippen LogP contribution in [0.4, 0.5) is 0 Å². The van der Waals surface area contributed by atoms with E-state index in [1.165, 1.54) is 4.88 Å². The van der Waals surface area contributed by atoms with E-state index in [2.05, 4.69) is 16.3 Å². The summed E-state index contributed by atoms with van der Waals surface area (Å²) >= 11 is 1.71. The number of nitrogens with zero attached hydrogens (tertiary/aromatic N) is 2. The van der Waals surface area contributed by atoms with E-state index in [9.17, 15) is 14.7 Å². The average Bonchev–Trinajstić information content (AvgIpc) is 3.24. The molecule has 0 bridgehead atoms. The Hall–Kier alpha value is -1.40. The van der Waals surface area contributed by atoms with Crippen LogP contribution in [0.5, 0.6) is 0 Å². The summed E-state index contributed by atoms with van der Waals surface area (Å²) in [6.07, 6.45) is 3.63. The van der Waals surface area contributed by atoms with Crippen LogP contribution in [0.3, 0.4) is 0 Å². The van der Waals surface area contributed by atoms with Crippen LogP contribution in [0.1, 0.15) is 43.5 Å². The van der Waals surface area contributed by atoms with Gasteiger partial charge in [-0.25, -0.2) is 0 Å². The largest absolute Gasteiger partial charge is 0.481 e. The number of carbonyl (C=O) groups is 2. The third-order valence-corrected chi connectivity index (χ3v) is 6.09. The van der Waals surface area contributed by atoms with Crippen LogP contribution in [-0.2, 0) is 9.59 Å². The molecular weight excluding hydrogens is 312 g/mol. The molecule has 1 aromatic heterocycles. The lowest BCUT2D eigenvalue weighted by Crippen LogP contribution is -2.51. The predicted molar refractivity (Wildman–Crippen MR) is 89.4 cm³/mol. The number of carboxylic acids is 1. The van der Waals surface area contributed by atoms with Gasteiger partial charge in [0.15, 0.2) is 0 Å². The highest BCUT2D eigenvalue weighted by atomic mass is 32.1. The van der Waals surface area contributed by atoms with Crippen molar-refractivity contribution in [3.63, 3.8) is 0 Å². The van der Waals surface area contributed by atoms with Crippen molar-refractivity contribution in [2.45, 2.75) is 44.7 Å². The second-order valence-electron chi connectivity index (χ2n) is 6.55. The number of thiophene rings is 1. The Morgan fingerprint density at radius 1 is 1.30 bits per heavy atom. The van der Waals surface area contributed by atoms with Crippen LogP contribution < -0.4 is 0 Å². The minimum absolute atomic E-state index is 0.145. The highest BCUT2D eigenvalue weighted by Crippen LogP contribution is 2.35. The summed E-state index contributed by atoms with van der Waals surface area (Å²) in [6, 6.07) is 4.10. The SMILES string of the molecule is CC(C(=O)N1CCCC1c1cccs1)N1CCCC(C(=O)O)C1. The monoisotopic (exact) mass is 336 g/mol. The molecule has 2 saturated heterocycles. The van der Waals surface area contributed by atoms with Gasteiger partial charge in [-0.2, -0.15) is 0 Å². The first kappa shape index (κ1) is 16.5. The number of amides is 1. The normalized spacial score (nSPS) is 27.1. The molecule has 0 aliphatic carbocycles. The van der Waals surface area contributed by atoms with Gasteiger partial charge in [-0.05, 0) is 50.6 Å². The zero-order valence-electron chi connectivity index (χ0n) is 13.5. The molecule has 2 aliphatic rings. The Kier molecular flexibility index (Phi) is 5.02. The van der Waals surface area contributed by atoms with Crippen LogP contribution in [0.2, 0.25) is 0 Å². The topological polar surface area (TPSA) is 60.9 Å². The van der Waals surface area contributed by atoms with E-state index in [1.807, 2.05) is 17.9 Å². The molecule has 0 spiro atoms. The molecule has 126 valence electrons. The number of piperidine rings is 1. The van der Waals surface area contributed by atoms with Gasteiger partial charge in [0.2, 0.25) is 5.91 Å². The van der Waals surface area contributed by atoms with Crippen LogP contribution in [0, 0.1) is 5.92 Å². The lowest BCUT2D eigenvalue weighted by atomic mass is 9.97. The highest BCUT2D eigenvalue weighted by molar-refractivity contribution is 7.10. The van der Waals surface area contributed by atoms with E-state index in [0.717, 1.165) is 32.4 Å². The minimum atomic E-state index is -0.744. The van der Waals surface area contributed by atoms with Crippen molar-refractivity contribution in [1.29, 1.82) is 0 Å². The lowest BCUT2D eigenvalue weighted by Gasteiger charge is -2.37. The maximum atomic E-state index is 13.0. The molecule has 23 heavy (non-hydrogen) atoms. The van der Waals surface area contributed by atoms with Crippen molar-refractivity contribution in [3.05, 3.63) is 22.4 Å². The Labute approximate surface area is 140 Å². The first-order chi connectivity index (χ1) is 11.1. The molecule has 1 aromatic rings. The Bertz CT molecular complexity index is 560. The summed E-state index contributed by atoms with van der Waals surface area (Å²) in [5.74, 6) is -0.940. The smallest absolute Gasteiger partial charge is 0.307 e. The van der Waals surface area contributed by atoms with Gasteiger partial charge < -0.3 is 10.0 Å². The summed E-state index contributed by atoms with van der Waals surface area (Å²) in [6.45, 7) is 4.03. The molecule has 0 radical (unpaired) electrons. The third-order valence-electron chi connectivity index (χ3n) is 5.11. The molecule has 1 amide bonds. The van der Waals surface area contributed by atoms with Crippen LogP contribution in [-0.4, -0.2) is 52.5 Å². The summed E-state index contributed by atoms with van der Waals surface area (Å²) in [7, 11) is 0. The molecule has 5 nitrogen and oxygen atoms in total. The Balaban J connectivity index is 1.68. The van der Waals surface area contributed by atoms with Crippen molar-refractivity contribution in [3.8, 4) is 0 Å². The fraction of sp³-hybridized carbons (Fsp3) is 0.647. The molecule has 2 fully saturated rings. The van der Waals surface area contributed by atoms with Gasteiger partial charge in [0.25, 0.3) is 0 Å². The molecular formula is C17H24N2O3S. The average molecular weight is 336 g/mol. The van der Waals surface area contributed by atoms with E-state index in [-0.39, 0.29) is 23.9 Å². The number of carboxylic acid groups (broad SMARTS) is 1. The van der Waals surface area contributed by atoms with Crippen molar-refractivity contribution >= 4 is 23.2 Å². The first-order valence-corrected chi connectivity index (χ1v) is 9.26. The van der Waals surface area contributed by atoms with Gasteiger partial charge in [-0.15, -0.1) is 11.3 Å². The molecule has 3 unspecified atom stereocenters. The minimum Gasteiger partial charge on any atom is -0.481 e. The van der Waals surface area contributed by atoms with E-state index in [1.54, 1.807) is 11.3 Å². The van der Waals surface area contributed by atoms with Gasteiger partial charge in [-0.3, -0.25) is 14.5 Å². The molecule has 0 saturated carbocycles. The molecule has 3 atom stereocenters. The van der Waals surface area contributed by atoms with Gasteiger partial charge in [0.05, 0.1) is 18.0 Å². The van der Waals surface area contributed by atoms with Crippen molar-refractivity contribution in [1.82, 2.24) is 9.80 Å². The summed E-state index contributed by atoms with van der Waals surface area (Å²) < 4.78 is 0. The van der Waals surface area contributed by atoms with E-state index in [4.69, 9.17) is 0 Å². The summed E-state index contributed by atoms with van der Waals surface area (Å²) in [5.41, 5.74) is 0. The second kappa shape index (κ2) is 7.01. The molecule has 6 heteroatoms. The third kappa shape index (κ3) is 3.43. The number of likely N-dealkylation sites (tertiary alicyclic amines) is 2. The van der Waals surface area contributed by atoms with Gasteiger partial charge >= 0.3 is 5.97 Å². The maximum Gasteiger partial charge on any atom is 0.307 e. The fourth-order valence-corrected chi connectivity index (χ4v) is 4.64. The molecule has 1 N–H and O–H groups in total.